The lowest BCUT2D eigenvalue weighted by molar-refractivity contribution is 1.06. The molecule has 0 aliphatic rings. The Bertz CT molecular complexity index is 810. The number of hydrogen-bond donors (Lipinski definition) is 2. The van der Waals surface area contributed by atoms with E-state index in [1.54, 1.807) is 37.1 Å². The molecule has 0 amide bonds. The van der Waals surface area contributed by atoms with Gasteiger partial charge in [-0.3, -0.25) is 10.1 Å². The molecule has 0 aromatic carbocycles. The van der Waals surface area contributed by atoms with E-state index in [4.69, 9.17) is 0 Å². The maximum absolute atomic E-state index is 4.39. The third-order valence-corrected chi connectivity index (χ3v) is 3.20. The first-order chi connectivity index (χ1) is 10.9. The molecule has 7 nitrogen and oxygen atoms in total. The quantitative estimate of drug-likeness (QED) is 0.603. The summed E-state index contributed by atoms with van der Waals surface area (Å²) in [5.74, 6) is 1.25. The molecule has 0 radical (unpaired) electrons. The van der Waals surface area contributed by atoms with Crippen molar-refractivity contribution in [3.05, 3.63) is 55.2 Å². The van der Waals surface area contributed by atoms with E-state index in [1.165, 1.54) is 0 Å². The van der Waals surface area contributed by atoms with Gasteiger partial charge in [-0.15, -0.1) is 0 Å². The Morgan fingerprint density at radius 3 is 2.41 bits per heavy atom. The molecule has 4 heterocycles. The summed E-state index contributed by atoms with van der Waals surface area (Å²) in [6.45, 7) is 0. The van der Waals surface area contributed by atoms with Gasteiger partial charge in [-0.2, -0.15) is 5.10 Å². The fourth-order valence-corrected chi connectivity index (χ4v) is 2.25. The molecule has 106 valence electrons. The summed E-state index contributed by atoms with van der Waals surface area (Å²) in [6.07, 6.45) is 8.57. The number of H-pyrrole nitrogens is 2. The number of rotatable bonds is 3. The summed E-state index contributed by atoms with van der Waals surface area (Å²) >= 11 is 0. The normalized spacial score (nSPS) is 10.7. The predicted molar refractivity (Wildman–Crippen MR) is 80.4 cm³/mol. The van der Waals surface area contributed by atoms with Crippen LogP contribution in [0.2, 0.25) is 0 Å². The van der Waals surface area contributed by atoms with Gasteiger partial charge in [-0.25, -0.2) is 15.0 Å². The molecule has 0 bridgehead atoms. The summed E-state index contributed by atoms with van der Waals surface area (Å²) < 4.78 is 0. The minimum Gasteiger partial charge on any atom is -0.344 e. The van der Waals surface area contributed by atoms with E-state index in [1.807, 2.05) is 18.2 Å². The monoisotopic (exact) mass is 289 g/mol. The van der Waals surface area contributed by atoms with Gasteiger partial charge in [0, 0.05) is 31.0 Å². The topological polar surface area (TPSA) is 96.0 Å². The van der Waals surface area contributed by atoms with Gasteiger partial charge < -0.3 is 4.98 Å². The van der Waals surface area contributed by atoms with Gasteiger partial charge >= 0.3 is 0 Å². The number of aromatic amines is 2. The van der Waals surface area contributed by atoms with Crippen LogP contribution in [0.3, 0.4) is 0 Å². The largest absolute Gasteiger partial charge is 0.344 e. The smallest absolute Gasteiger partial charge is 0.178 e. The van der Waals surface area contributed by atoms with Gasteiger partial charge in [0.25, 0.3) is 0 Å². The molecule has 7 heteroatoms. The standard InChI is InChI=1S/C15H11N7/c1-2-5-16-10(4-1)12-11(14-19-8-9-20-14)13(22-21-12)15-17-6-3-7-18-15/h1-9H,(H,19,20)(H,21,22). The second-order valence-corrected chi connectivity index (χ2v) is 4.55. The predicted octanol–water partition coefficient (Wildman–Crippen LogP) is 2.32. The van der Waals surface area contributed by atoms with Crippen molar-refractivity contribution in [2.24, 2.45) is 0 Å². The van der Waals surface area contributed by atoms with Gasteiger partial charge in [0.15, 0.2) is 5.82 Å². The lowest BCUT2D eigenvalue weighted by atomic mass is 10.1. The number of pyridine rings is 1. The average Bonchev–Trinajstić information content (AvgIpc) is 3.25. The molecular weight excluding hydrogens is 278 g/mol. The zero-order valence-corrected chi connectivity index (χ0v) is 11.4. The number of imidazole rings is 1. The molecule has 2 N–H and O–H groups in total. The van der Waals surface area contributed by atoms with Crippen LogP contribution >= 0.6 is 0 Å². The van der Waals surface area contributed by atoms with Crippen LogP contribution in [-0.2, 0) is 0 Å². The second kappa shape index (κ2) is 5.21. The third-order valence-electron chi connectivity index (χ3n) is 3.20. The molecule has 22 heavy (non-hydrogen) atoms. The second-order valence-electron chi connectivity index (χ2n) is 4.55. The molecule has 0 unspecified atom stereocenters. The molecule has 0 saturated heterocycles. The summed E-state index contributed by atoms with van der Waals surface area (Å²) in [7, 11) is 0. The summed E-state index contributed by atoms with van der Waals surface area (Å²) in [5.41, 5.74) is 2.97. The van der Waals surface area contributed by atoms with Crippen molar-refractivity contribution in [1.29, 1.82) is 0 Å². The highest BCUT2D eigenvalue weighted by Gasteiger charge is 2.21. The number of hydrogen-bond acceptors (Lipinski definition) is 5. The van der Waals surface area contributed by atoms with E-state index >= 15 is 0 Å². The van der Waals surface area contributed by atoms with Crippen LogP contribution in [-0.4, -0.2) is 35.1 Å². The van der Waals surface area contributed by atoms with Crippen molar-refractivity contribution in [1.82, 2.24) is 35.1 Å². The van der Waals surface area contributed by atoms with Gasteiger partial charge in [-0.1, -0.05) is 6.07 Å². The molecule has 4 aromatic heterocycles. The van der Waals surface area contributed by atoms with Crippen LogP contribution in [0, 0.1) is 0 Å². The lowest BCUT2D eigenvalue weighted by Crippen LogP contribution is -1.92. The van der Waals surface area contributed by atoms with Crippen molar-refractivity contribution in [3.8, 4) is 34.3 Å². The van der Waals surface area contributed by atoms with E-state index in [2.05, 4.69) is 35.1 Å². The first-order valence-corrected chi connectivity index (χ1v) is 6.70. The lowest BCUT2D eigenvalue weighted by Gasteiger charge is -2.02. The number of aromatic nitrogens is 7. The number of nitrogens with zero attached hydrogens (tertiary/aromatic N) is 5. The van der Waals surface area contributed by atoms with Crippen molar-refractivity contribution in [3.63, 3.8) is 0 Å². The van der Waals surface area contributed by atoms with E-state index in [-0.39, 0.29) is 0 Å². The first kappa shape index (κ1) is 12.4. The Labute approximate surface area is 125 Å². The summed E-state index contributed by atoms with van der Waals surface area (Å²) in [6, 6.07) is 7.45. The van der Waals surface area contributed by atoms with E-state index in [0.717, 1.165) is 11.3 Å². The van der Waals surface area contributed by atoms with Gasteiger partial charge in [-0.05, 0) is 18.2 Å². The Morgan fingerprint density at radius 1 is 0.818 bits per heavy atom. The Morgan fingerprint density at radius 2 is 1.68 bits per heavy atom. The minimum atomic E-state index is 0.559. The molecule has 0 atom stereocenters. The van der Waals surface area contributed by atoms with Gasteiger partial charge in [0.05, 0.1) is 11.3 Å². The molecular formula is C15H11N7. The minimum absolute atomic E-state index is 0.559. The maximum atomic E-state index is 4.39. The molecule has 4 aromatic rings. The Hall–Kier alpha value is -3.35. The fraction of sp³-hybridized carbons (Fsp3) is 0. The zero-order chi connectivity index (χ0) is 14.8. The van der Waals surface area contributed by atoms with Crippen molar-refractivity contribution in [2.45, 2.75) is 0 Å². The van der Waals surface area contributed by atoms with Crippen LogP contribution in [0.4, 0.5) is 0 Å². The van der Waals surface area contributed by atoms with Crippen molar-refractivity contribution >= 4 is 0 Å². The van der Waals surface area contributed by atoms with Crippen molar-refractivity contribution < 1.29 is 0 Å². The average molecular weight is 289 g/mol. The van der Waals surface area contributed by atoms with E-state index < -0.39 is 0 Å². The number of nitrogens with one attached hydrogen (secondary N) is 2. The molecule has 0 aliphatic carbocycles. The van der Waals surface area contributed by atoms with Crippen LogP contribution in [0.25, 0.3) is 34.3 Å². The van der Waals surface area contributed by atoms with Gasteiger partial charge in [0.2, 0.25) is 0 Å². The van der Waals surface area contributed by atoms with E-state index in [0.29, 0.717) is 23.0 Å². The van der Waals surface area contributed by atoms with Crippen LogP contribution in [0.1, 0.15) is 0 Å². The molecule has 0 saturated carbocycles. The Balaban J connectivity index is 1.96. The third kappa shape index (κ3) is 2.05. The van der Waals surface area contributed by atoms with Crippen LogP contribution < -0.4 is 0 Å². The zero-order valence-electron chi connectivity index (χ0n) is 11.4. The SMILES string of the molecule is c1ccc(-c2n[nH]c(-c3ncccn3)c2-c2ncc[nH]2)nc1. The highest BCUT2D eigenvalue weighted by Crippen LogP contribution is 2.34. The van der Waals surface area contributed by atoms with E-state index in [9.17, 15) is 0 Å². The summed E-state index contributed by atoms with van der Waals surface area (Å²) in [4.78, 5) is 20.4. The molecule has 4 rings (SSSR count). The maximum Gasteiger partial charge on any atom is 0.178 e. The Kier molecular flexibility index (Phi) is 2.93. The fourth-order valence-electron chi connectivity index (χ4n) is 2.25. The molecule has 0 fully saturated rings. The van der Waals surface area contributed by atoms with Crippen LogP contribution in [0.15, 0.2) is 55.2 Å². The molecule has 0 spiro atoms. The highest BCUT2D eigenvalue weighted by atomic mass is 15.2. The van der Waals surface area contributed by atoms with Gasteiger partial charge in [0.1, 0.15) is 17.2 Å². The van der Waals surface area contributed by atoms with Crippen LogP contribution in [0.5, 0.6) is 0 Å². The van der Waals surface area contributed by atoms with Crippen molar-refractivity contribution in [2.75, 3.05) is 0 Å². The highest BCUT2D eigenvalue weighted by molar-refractivity contribution is 5.85. The molecule has 0 aliphatic heterocycles. The first-order valence-electron chi connectivity index (χ1n) is 6.70. The summed E-state index contributed by atoms with van der Waals surface area (Å²) in [5, 5.41) is 7.39.